The van der Waals surface area contributed by atoms with Crippen LogP contribution in [0.4, 0.5) is 0 Å². The first-order valence-corrected chi connectivity index (χ1v) is 6.75. The Labute approximate surface area is 118 Å². The van der Waals surface area contributed by atoms with E-state index in [1.807, 2.05) is 57.9 Å². The van der Waals surface area contributed by atoms with Crippen LogP contribution in [0.5, 0.6) is 0 Å². The lowest BCUT2D eigenvalue weighted by Gasteiger charge is -2.15. The average Bonchev–Trinajstić information content (AvgIpc) is 2.38. The minimum Gasteiger partial charge on any atom is -0.366 e. The number of rotatable bonds is 10. The molecule has 0 aliphatic carbocycles. The molecule has 0 spiro atoms. The smallest absolute Gasteiger partial charge is 0.0902 e. The average molecular weight is 267 g/mol. The predicted octanol–water partition coefficient (Wildman–Crippen LogP) is 1.44. The number of nitrogens with one attached hydrogen (secondary N) is 1. The van der Waals surface area contributed by atoms with Crippen LogP contribution >= 0.6 is 0 Å². The van der Waals surface area contributed by atoms with E-state index >= 15 is 0 Å². The molecular formula is C14H29N5. The van der Waals surface area contributed by atoms with Crippen LogP contribution in [-0.2, 0) is 0 Å². The van der Waals surface area contributed by atoms with Gasteiger partial charge in [0.25, 0.3) is 0 Å². The quantitative estimate of drug-likeness (QED) is 0.481. The van der Waals surface area contributed by atoms with Crippen LogP contribution in [0.25, 0.3) is 0 Å². The minimum absolute atomic E-state index is 0.541. The zero-order valence-corrected chi connectivity index (χ0v) is 13.0. The van der Waals surface area contributed by atoms with Crippen LogP contribution < -0.4 is 5.32 Å². The molecule has 0 radical (unpaired) electrons. The van der Waals surface area contributed by atoms with Gasteiger partial charge in [0.1, 0.15) is 0 Å². The number of allylic oxidation sites excluding steroid dienone is 1. The summed E-state index contributed by atoms with van der Waals surface area (Å²) in [6, 6.07) is 0.541. The Bertz CT molecular complexity index is 284. The van der Waals surface area contributed by atoms with Crippen molar-refractivity contribution in [3.05, 3.63) is 12.3 Å². The van der Waals surface area contributed by atoms with Crippen LogP contribution in [0.3, 0.4) is 0 Å². The van der Waals surface area contributed by atoms with Gasteiger partial charge in [-0.2, -0.15) is 0 Å². The van der Waals surface area contributed by atoms with E-state index in [-0.39, 0.29) is 0 Å². The highest BCUT2D eigenvalue weighted by molar-refractivity contribution is 5.59. The van der Waals surface area contributed by atoms with Crippen molar-refractivity contribution in [2.75, 3.05) is 41.4 Å². The summed E-state index contributed by atoms with van der Waals surface area (Å²) in [5.41, 5.74) is 0. The van der Waals surface area contributed by atoms with Crippen molar-refractivity contribution in [1.29, 1.82) is 0 Å². The van der Waals surface area contributed by atoms with Crippen molar-refractivity contribution < 1.29 is 0 Å². The minimum atomic E-state index is 0.541. The Morgan fingerprint density at radius 1 is 1.26 bits per heavy atom. The Kier molecular flexibility index (Phi) is 11.1. The van der Waals surface area contributed by atoms with Crippen LogP contribution in [0.15, 0.2) is 22.3 Å². The van der Waals surface area contributed by atoms with Crippen LogP contribution in [0.1, 0.15) is 19.8 Å². The summed E-state index contributed by atoms with van der Waals surface area (Å²) in [7, 11) is 8.03. The van der Waals surface area contributed by atoms with E-state index in [2.05, 4.69) is 27.1 Å². The van der Waals surface area contributed by atoms with Gasteiger partial charge < -0.3 is 10.2 Å². The number of nitrogens with zero attached hydrogens (tertiary/aromatic N) is 4. The molecular weight excluding hydrogens is 238 g/mol. The van der Waals surface area contributed by atoms with E-state index in [9.17, 15) is 0 Å². The molecule has 1 N–H and O–H groups in total. The fourth-order valence-corrected chi connectivity index (χ4v) is 1.23. The maximum absolute atomic E-state index is 4.24. The van der Waals surface area contributed by atoms with Gasteiger partial charge >= 0.3 is 0 Å². The molecule has 0 aromatic rings. The maximum atomic E-state index is 4.24. The Balaban J connectivity index is 3.67. The second-order valence-electron chi connectivity index (χ2n) is 4.93. The zero-order chi connectivity index (χ0) is 14.5. The summed E-state index contributed by atoms with van der Waals surface area (Å²) in [5, 5.41) is 3.22. The largest absolute Gasteiger partial charge is 0.366 e. The molecule has 0 bridgehead atoms. The van der Waals surface area contributed by atoms with Crippen molar-refractivity contribution >= 4 is 12.6 Å². The van der Waals surface area contributed by atoms with Crippen LogP contribution in [0.2, 0.25) is 0 Å². The second kappa shape index (κ2) is 11.9. The Morgan fingerprint density at radius 2 is 2.00 bits per heavy atom. The van der Waals surface area contributed by atoms with Gasteiger partial charge in [0.2, 0.25) is 0 Å². The van der Waals surface area contributed by atoms with Gasteiger partial charge in [-0.05, 0) is 34.5 Å². The highest BCUT2D eigenvalue weighted by Gasteiger charge is 1.98. The van der Waals surface area contributed by atoms with Crippen molar-refractivity contribution in [2.24, 2.45) is 9.98 Å². The summed E-state index contributed by atoms with van der Waals surface area (Å²) < 4.78 is 0. The molecule has 1 unspecified atom stereocenters. The number of aliphatic imine (C=N–C) groups is 2. The van der Waals surface area contributed by atoms with Crippen molar-refractivity contribution in [2.45, 2.75) is 25.8 Å². The summed E-state index contributed by atoms with van der Waals surface area (Å²) in [5.74, 6) is 0. The molecule has 0 aromatic heterocycles. The van der Waals surface area contributed by atoms with E-state index in [0.29, 0.717) is 6.04 Å². The molecule has 5 nitrogen and oxygen atoms in total. The van der Waals surface area contributed by atoms with E-state index in [1.54, 1.807) is 0 Å². The fourth-order valence-electron chi connectivity index (χ4n) is 1.23. The molecule has 110 valence electrons. The third-order valence-corrected chi connectivity index (χ3v) is 2.60. The van der Waals surface area contributed by atoms with E-state index in [1.165, 1.54) is 0 Å². The summed E-state index contributed by atoms with van der Waals surface area (Å²) in [6.45, 7) is 3.92. The van der Waals surface area contributed by atoms with Gasteiger partial charge in [0.15, 0.2) is 0 Å². The lowest BCUT2D eigenvalue weighted by Crippen LogP contribution is -2.27. The third kappa shape index (κ3) is 13.0. The molecule has 0 saturated heterocycles. The SMILES string of the molecule is CNC(C)CCN(C)/C=N/C=C/C/C=N\CN(C)C. The molecule has 0 saturated carbocycles. The molecule has 0 amide bonds. The monoisotopic (exact) mass is 267 g/mol. The Morgan fingerprint density at radius 3 is 2.63 bits per heavy atom. The van der Waals surface area contributed by atoms with E-state index in [4.69, 9.17) is 0 Å². The molecule has 0 aromatic carbocycles. The molecule has 19 heavy (non-hydrogen) atoms. The van der Waals surface area contributed by atoms with Crippen LogP contribution in [-0.4, -0.2) is 69.8 Å². The van der Waals surface area contributed by atoms with Gasteiger partial charge in [0, 0.05) is 38.5 Å². The van der Waals surface area contributed by atoms with Crippen molar-refractivity contribution in [3.63, 3.8) is 0 Å². The molecule has 0 heterocycles. The summed E-state index contributed by atoms with van der Waals surface area (Å²) in [4.78, 5) is 12.6. The lowest BCUT2D eigenvalue weighted by molar-refractivity contribution is 0.425. The first kappa shape index (κ1) is 17.8. The molecule has 0 rings (SSSR count). The van der Waals surface area contributed by atoms with E-state index in [0.717, 1.165) is 26.1 Å². The normalized spacial score (nSPS) is 14.2. The number of hydrogen-bond acceptors (Lipinski definition) is 4. The number of hydrogen-bond donors (Lipinski definition) is 1. The molecule has 0 aliphatic heterocycles. The van der Waals surface area contributed by atoms with Gasteiger partial charge in [-0.1, -0.05) is 6.08 Å². The van der Waals surface area contributed by atoms with Gasteiger partial charge in [0.05, 0.1) is 13.0 Å². The van der Waals surface area contributed by atoms with Crippen molar-refractivity contribution in [1.82, 2.24) is 15.1 Å². The first-order valence-electron chi connectivity index (χ1n) is 6.75. The van der Waals surface area contributed by atoms with Crippen molar-refractivity contribution in [3.8, 4) is 0 Å². The molecule has 5 heteroatoms. The van der Waals surface area contributed by atoms with Gasteiger partial charge in [-0.3, -0.25) is 9.89 Å². The molecule has 0 fully saturated rings. The highest BCUT2D eigenvalue weighted by Crippen LogP contribution is 1.91. The zero-order valence-electron chi connectivity index (χ0n) is 13.0. The lowest BCUT2D eigenvalue weighted by atomic mass is 10.2. The summed E-state index contributed by atoms with van der Waals surface area (Å²) >= 11 is 0. The Hall–Kier alpha value is -1.20. The first-order chi connectivity index (χ1) is 9.06. The maximum Gasteiger partial charge on any atom is 0.0902 e. The topological polar surface area (TPSA) is 43.2 Å². The summed E-state index contributed by atoms with van der Waals surface area (Å²) in [6.07, 6.45) is 9.52. The predicted molar refractivity (Wildman–Crippen MR) is 85.1 cm³/mol. The van der Waals surface area contributed by atoms with Gasteiger partial charge in [-0.15, -0.1) is 0 Å². The van der Waals surface area contributed by atoms with Gasteiger partial charge in [-0.25, -0.2) is 4.99 Å². The highest BCUT2D eigenvalue weighted by atomic mass is 15.1. The standard InChI is InChI=1S/C14H29N5/c1-14(15-2)8-11-19(5)13-17-10-7-6-9-16-12-18(3)4/h7,9-10,13-15H,6,8,11-12H2,1-5H3/b10-7+,16-9-,17-13+. The fraction of sp³-hybridized carbons (Fsp3) is 0.714. The molecule has 0 aliphatic rings. The second-order valence-corrected chi connectivity index (χ2v) is 4.93. The van der Waals surface area contributed by atoms with Crippen LogP contribution in [0, 0.1) is 0 Å². The van der Waals surface area contributed by atoms with E-state index < -0.39 is 0 Å². The molecule has 1 atom stereocenters. The third-order valence-electron chi connectivity index (χ3n) is 2.60.